The Hall–Kier alpha value is -0.884. The Morgan fingerprint density at radius 3 is 1.97 bits per heavy atom. The molecule has 10 nitrogen and oxygen atoms in total. The molecular weight excluding hydrogens is 459 g/mol. The molecule has 0 bridgehead atoms. The van der Waals surface area contributed by atoms with Crippen LogP contribution < -0.4 is 51.4 Å². The van der Waals surface area contributed by atoms with Gasteiger partial charge in [0.1, 0.15) is 25.4 Å². The molecule has 186 valence electrons. The van der Waals surface area contributed by atoms with Crippen LogP contribution in [-0.2, 0) is 28.5 Å². The van der Waals surface area contributed by atoms with Crippen molar-refractivity contribution in [2.75, 3.05) is 27.3 Å². The average Bonchev–Trinajstić information content (AvgIpc) is 3.28. The zero-order chi connectivity index (χ0) is 24.0. The van der Waals surface area contributed by atoms with Crippen LogP contribution in [0.1, 0.15) is 54.4 Å². The molecule has 0 radical (unpaired) electrons. The number of ether oxygens (including phenoxy) is 4. The normalized spacial score (nSPS) is 19.4. The van der Waals surface area contributed by atoms with Crippen molar-refractivity contribution in [1.82, 2.24) is 4.90 Å². The molecule has 2 rings (SSSR count). The third-order valence-corrected chi connectivity index (χ3v) is 5.22. The van der Waals surface area contributed by atoms with Crippen LogP contribution in [0.2, 0.25) is 0 Å². The van der Waals surface area contributed by atoms with Gasteiger partial charge in [0.2, 0.25) is 0 Å². The number of rotatable bonds is 7. The van der Waals surface area contributed by atoms with Gasteiger partial charge in [0, 0.05) is 17.3 Å². The van der Waals surface area contributed by atoms with E-state index in [-0.39, 0.29) is 102 Å². The van der Waals surface area contributed by atoms with Gasteiger partial charge >= 0.3 is 63.7 Å². The van der Waals surface area contributed by atoms with E-state index in [2.05, 4.69) is 14.8 Å². The number of nitrogens with zero attached hydrogens (tertiary/aromatic N) is 2. The van der Waals surface area contributed by atoms with E-state index < -0.39 is 23.8 Å². The predicted molar refractivity (Wildman–Crippen MR) is 117 cm³/mol. The maximum absolute atomic E-state index is 12.5. The van der Waals surface area contributed by atoms with Gasteiger partial charge in [-0.3, -0.25) is 4.79 Å². The number of carbonyl (C=O) groups excluding carboxylic acids is 4. The molecule has 0 saturated carbocycles. The second kappa shape index (κ2) is 14.5. The van der Waals surface area contributed by atoms with Crippen molar-refractivity contribution >= 4 is 24.1 Å². The number of amides is 2. The summed E-state index contributed by atoms with van der Waals surface area (Å²) < 4.78 is 19.1. The maximum Gasteiger partial charge on any atom is 1.00 e. The Morgan fingerprint density at radius 1 is 1.06 bits per heavy atom. The summed E-state index contributed by atoms with van der Waals surface area (Å²) in [6.07, 6.45) is -1.36. The van der Waals surface area contributed by atoms with E-state index in [4.69, 9.17) is 9.47 Å². The van der Waals surface area contributed by atoms with E-state index in [1.165, 1.54) is 7.05 Å². The Labute approximate surface area is 240 Å². The molecule has 2 heterocycles. The molecule has 2 atom stereocenters. The molecule has 0 aliphatic carbocycles. The largest absolute Gasteiger partial charge is 1.00 e. The molecule has 2 unspecified atom stereocenters. The van der Waals surface area contributed by atoms with Crippen molar-refractivity contribution in [3.05, 3.63) is 18.8 Å². The second-order valence-electron chi connectivity index (χ2n) is 9.15. The first-order valence-electron chi connectivity index (χ1n) is 10.1. The molecule has 11 heteroatoms. The minimum Gasteiger partial charge on any atom is -0.656 e. The van der Waals surface area contributed by atoms with Crippen LogP contribution in [0.4, 0.5) is 9.59 Å². The standard InChI is InChI=1S/C15H26NO4.C6H9NO4.CH3.K/c1-10(2)16(7)12(17)15(5,6)9-14(3,4)11-8-19-13(18)20-11;1-7-5(8)2-4-3-10-6(9)11-4;;/h11H,8-9H2,1-7H3;4H,2-3H2,1H3,(H,7,8);1H3;/q-1;;-1;+1/p-1. The van der Waals surface area contributed by atoms with Gasteiger partial charge in [-0.15, -0.1) is 7.05 Å². The van der Waals surface area contributed by atoms with Crippen LogP contribution in [0.25, 0.3) is 5.32 Å². The SMILES string of the molecule is C[C-](C)N(C)C(=O)C(C)(C)CC(C)(C)C1COC(=O)O1.C[N-]C(=O)CC1COC(=O)O1.[CH3-].[K+]. The summed E-state index contributed by atoms with van der Waals surface area (Å²) in [7, 11) is 3.19. The van der Waals surface area contributed by atoms with Crippen LogP contribution in [-0.4, -0.2) is 68.5 Å². The van der Waals surface area contributed by atoms with E-state index in [1.807, 2.05) is 41.5 Å². The van der Waals surface area contributed by atoms with Gasteiger partial charge in [-0.05, 0) is 13.5 Å². The summed E-state index contributed by atoms with van der Waals surface area (Å²) in [6, 6.07) is 0.955. The quantitative estimate of drug-likeness (QED) is 0.289. The summed E-state index contributed by atoms with van der Waals surface area (Å²) in [4.78, 5) is 46.3. The molecule has 2 saturated heterocycles. The van der Waals surface area contributed by atoms with Crippen molar-refractivity contribution < 1.29 is 89.5 Å². The summed E-state index contributed by atoms with van der Waals surface area (Å²) >= 11 is 0. The Kier molecular flexibility index (Phi) is 15.1. The Balaban J connectivity index is 0. The van der Waals surface area contributed by atoms with Crippen molar-refractivity contribution in [2.45, 2.75) is 66.6 Å². The Bertz CT molecular complexity index is 681. The molecule has 0 aromatic rings. The fourth-order valence-electron chi connectivity index (χ4n) is 3.45. The van der Waals surface area contributed by atoms with Crippen molar-refractivity contribution in [3.8, 4) is 0 Å². The maximum atomic E-state index is 12.5. The first-order chi connectivity index (χ1) is 14.2. The summed E-state index contributed by atoms with van der Waals surface area (Å²) in [6.45, 7) is 12.1. The van der Waals surface area contributed by atoms with Gasteiger partial charge in [0.15, 0.2) is 5.91 Å². The van der Waals surface area contributed by atoms with E-state index in [0.29, 0.717) is 6.42 Å². The summed E-state index contributed by atoms with van der Waals surface area (Å²) in [5.74, 6) is -0.218. The van der Waals surface area contributed by atoms with Gasteiger partial charge in [0.05, 0.1) is 5.91 Å². The minimum atomic E-state index is -0.709. The predicted octanol–water partition coefficient (Wildman–Crippen LogP) is 0.891. The topological polar surface area (TPSA) is 123 Å². The molecule has 0 aromatic carbocycles. The van der Waals surface area contributed by atoms with Crippen LogP contribution in [0.5, 0.6) is 0 Å². The molecule has 33 heavy (non-hydrogen) atoms. The molecule has 0 aromatic heterocycles. The first-order valence-corrected chi connectivity index (χ1v) is 10.1. The smallest absolute Gasteiger partial charge is 0.656 e. The summed E-state index contributed by atoms with van der Waals surface area (Å²) in [5.41, 5.74) is -0.863. The van der Waals surface area contributed by atoms with Crippen LogP contribution in [0.15, 0.2) is 0 Å². The van der Waals surface area contributed by atoms with Gasteiger partial charge in [-0.25, -0.2) is 15.6 Å². The van der Waals surface area contributed by atoms with E-state index >= 15 is 0 Å². The van der Waals surface area contributed by atoms with Gasteiger partial charge < -0.3 is 41.4 Å². The monoisotopic (exact) mass is 496 g/mol. The fourth-order valence-corrected chi connectivity index (χ4v) is 3.45. The van der Waals surface area contributed by atoms with E-state index in [0.717, 1.165) is 6.04 Å². The number of cyclic esters (lactones) is 4. The van der Waals surface area contributed by atoms with E-state index in [1.54, 1.807) is 11.9 Å². The third kappa shape index (κ3) is 10.9. The number of hydrogen-bond donors (Lipinski definition) is 0. The molecule has 0 spiro atoms. The first kappa shape index (κ1) is 34.3. The van der Waals surface area contributed by atoms with Crippen molar-refractivity contribution in [3.63, 3.8) is 0 Å². The third-order valence-electron chi connectivity index (χ3n) is 5.22. The van der Waals surface area contributed by atoms with Gasteiger partial charge in [-0.1, -0.05) is 27.7 Å². The van der Waals surface area contributed by atoms with Crippen LogP contribution in [0.3, 0.4) is 0 Å². The summed E-state index contributed by atoms with van der Waals surface area (Å²) in [5, 5.41) is 3.39. The molecule has 2 aliphatic heterocycles. The molecule has 2 fully saturated rings. The van der Waals surface area contributed by atoms with Crippen LogP contribution >= 0.6 is 0 Å². The molecule has 2 amide bonds. The van der Waals surface area contributed by atoms with Crippen molar-refractivity contribution in [1.29, 1.82) is 0 Å². The molecule has 2 aliphatic rings. The average molecular weight is 497 g/mol. The Morgan fingerprint density at radius 2 is 1.58 bits per heavy atom. The van der Waals surface area contributed by atoms with Crippen molar-refractivity contribution in [2.24, 2.45) is 10.8 Å². The van der Waals surface area contributed by atoms with E-state index in [9.17, 15) is 19.2 Å². The zero-order valence-electron chi connectivity index (χ0n) is 21.6. The molecular formula is C22H37KN2O8-2. The number of hydrogen-bond acceptors (Lipinski definition) is 8. The minimum absolute atomic E-state index is 0. The number of carbonyl (C=O) groups is 4. The molecule has 0 N–H and O–H groups in total. The van der Waals surface area contributed by atoms with Gasteiger partial charge in [0.25, 0.3) is 0 Å². The fraction of sp³-hybridized carbons (Fsp3) is 0.727. The zero-order valence-corrected chi connectivity index (χ0v) is 24.8. The second-order valence-corrected chi connectivity index (χ2v) is 9.15. The van der Waals surface area contributed by atoms with Gasteiger partial charge in [-0.2, -0.15) is 13.8 Å². The van der Waals surface area contributed by atoms with Crippen LogP contribution in [0, 0.1) is 24.3 Å².